The van der Waals surface area contributed by atoms with Gasteiger partial charge in [-0.2, -0.15) is 5.10 Å². The number of nitrogens with zero attached hydrogens (tertiary/aromatic N) is 3. The summed E-state index contributed by atoms with van der Waals surface area (Å²) < 4.78 is 0. The fraction of sp³-hybridized carbons (Fsp3) is 0.316. The molecule has 1 saturated heterocycles. The number of carbonyl (C=O) groups is 1. The fourth-order valence-electron chi connectivity index (χ4n) is 3.24. The highest BCUT2D eigenvalue weighted by Gasteiger charge is 2.29. The summed E-state index contributed by atoms with van der Waals surface area (Å²) in [5.74, 6) is 1.59. The second-order valence-corrected chi connectivity index (χ2v) is 6.85. The molecular weight excluding hydrogens is 344 g/mol. The Morgan fingerprint density at radius 3 is 2.89 bits per heavy atom. The third kappa shape index (κ3) is 3.56. The van der Waals surface area contributed by atoms with E-state index in [0.29, 0.717) is 11.7 Å². The molecule has 8 nitrogen and oxygen atoms in total. The molecule has 4 N–H and O–H groups in total. The molecule has 1 aromatic carbocycles. The van der Waals surface area contributed by atoms with Crippen LogP contribution in [0.4, 0.5) is 16.4 Å². The number of urea groups is 1. The summed E-state index contributed by atoms with van der Waals surface area (Å²) in [6.45, 7) is 3.70. The lowest BCUT2D eigenvalue weighted by atomic mass is 10.0. The lowest BCUT2D eigenvalue weighted by molar-refractivity contribution is 0.200. The zero-order chi connectivity index (χ0) is 18.8. The van der Waals surface area contributed by atoms with Crippen LogP contribution in [0.1, 0.15) is 18.5 Å². The maximum atomic E-state index is 12.3. The van der Waals surface area contributed by atoms with Gasteiger partial charge < -0.3 is 15.3 Å². The summed E-state index contributed by atoms with van der Waals surface area (Å²) in [6.07, 6.45) is 1.71. The molecule has 1 fully saturated rings. The summed E-state index contributed by atoms with van der Waals surface area (Å²) >= 11 is 0. The predicted molar refractivity (Wildman–Crippen MR) is 104 cm³/mol. The molecule has 1 unspecified atom stereocenters. The van der Waals surface area contributed by atoms with Crippen molar-refractivity contribution in [3.63, 3.8) is 0 Å². The summed E-state index contributed by atoms with van der Waals surface area (Å²) in [6, 6.07) is 11.1. The van der Waals surface area contributed by atoms with E-state index in [1.54, 1.807) is 12.3 Å². The van der Waals surface area contributed by atoms with Crippen molar-refractivity contribution >= 4 is 28.6 Å². The zero-order valence-electron chi connectivity index (χ0n) is 15.0. The Morgan fingerprint density at radius 1 is 1.37 bits per heavy atom. The first-order valence-corrected chi connectivity index (χ1v) is 8.96. The van der Waals surface area contributed by atoms with Gasteiger partial charge in [-0.3, -0.25) is 10.4 Å². The molecule has 0 spiro atoms. The number of nitrogens with one attached hydrogen (secondary N) is 3. The van der Waals surface area contributed by atoms with Gasteiger partial charge in [-0.15, -0.1) is 0 Å². The molecule has 27 heavy (non-hydrogen) atoms. The number of carbonyl (C=O) groups excluding carboxylic acids is 1. The Hall–Kier alpha value is -3.13. The number of rotatable bonds is 5. The molecule has 0 radical (unpaired) electrons. The van der Waals surface area contributed by atoms with Crippen molar-refractivity contribution in [1.82, 2.24) is 20.5 Å². The lowest BCUT2D eigenvalue weighted by Crippen LogP contribution is -2.48. The lowest BCUT2D eigenvalue weighted by Gasteiger charge is -2.38. The number of amides is 2. The van der Waals surface area contributed by atoms with Gasteiger partial charge in [0.1, 0.15) is 5.82 Å². The standard InChI is InChI=1S/C19H22N6O2/c1-12(14-5-3-2-4-6-14)21-19(27)22-17-7-16-15(8-20-17)18(24-23-16)25-9-13(10-25)11-26/h2-8,12-13,26H,9-11H2,1H3,(H,23,24)(H2,20,21,22,27). The summed E-state index contributed by atoms with van der Waals surface area (Å²) in [5, 5.41) is 23.0. The average Bonchev–Trinajstić information content (AvgIpc) is 3.04. The Labute approximate surface area is 156 Å². The van der Waals surface area contributed by atoms with Crippen LogP contribution in [0.2, 0.25) is 0 Å². The number of aromatic nitrogens is 3. The topological polar surface area (TPSA) is 106 Å². The second-order valence-electron chi connectivity index (χ2n) is 6.85. The van der Waals surface area contributed by atoms with Gasteiger partial charge in [-0.05, 0) is 12.5 Å². The van der Waals surface area contributed by atoms with Gasteiger partial charge in [0.2, 0.25) is 0 Å². The fourth-order valence-corrected chi connectivity index (χ4v) is 3.24. The number of hydrogen-bond acceptors (Lipinski definition) is 5. The molecule has 2 amide bonds. The van der Waals surface area contributed by atoms with Gasteiger partial charge in [0, 0.05) is 37.9 Å². The van der Waals surface area contributed by atoms with E-state index in [4.69, 9.17) is 5.11 Å². The number of hydrogen-bond donors (Lipinski definition) is 4. The largest absolute Gasteiger partial charge is 0.396 e. The van der Waals surface area contributed by atoms with Crippen LogP contribution < -0.4 is 15.5 Å². The molecule has 0 bridgehead atoms. The van der Waals surface area contributed by atoms with E-state index in [0.717, 1.165) is 35.4 Å². The van der Waals surface area contributed by atoms with E-state index < -0.39 is 0 Å². The van der Waals surface area contributed by atoms with Crippen LogP contribution >= 0.6 is 0 Å². The van der Waals surface area contributed by atoms with Crippen molar-refractivity contribution < 1.29 is 9.90 Å². The minimum absolute atomic E-state index is 0.112. The third-order valence-corrected chi connectivity index (χ3v) is 4.83. The van der Waals surface area contributed by atoms with E-state index in [1.807, 2.05) is 37.3 Å². The van der Waals surface area contributed by atoms with E-state index in [-0.39, 0.29) is 18.7 Å². The minimum Gasteiger partial charge on any atom is -0.396 e. The van der Waals surface area contributed by atoms with Gasteiger partial charge in [0.25, 0.3) is 0 Å². The first-order chi connectivity index (χ1) is 13.1. The third-order valence-electron chi connectivity index (χ3n) is 4.83. The van der Waals surface area contributed by atoms with Gasteiger partial charge in [0.15, 0.2) is 5.82 Å². The molecule has 3 aromatic rings. The number of aromatic amines is 1. The number of aliphatic hydroxyl groups excluding tert-OH is 1. The highest BCUT2D eigenvalue weighted by atomic mass is 16.3. The Balaban J connectivity index is 1.41. The minimum atomic E-state index is -0.313. The smallest absolute Gasteiger partial charge is 0.320 e. The van der Waals surface area contributed by atoms with E-state index in [2.05, 4.69) is 30.7 Å². The Bertz CT molecular complexity index is 936. The van der Waals surface area contributed by atoms with Crippen LogP contribution in [-0.4, -0.2) is 46.0 Å². The van der Waals surface area contributed by atoms with Gasteiger partial charge in [-0.25, -0.2) is 9.78 Å². The molecule has 140 valence electrons. The van der Waals surface area contributed by atoms with Gasteiger partial charge >= 0.3 is 6.03 Å². The first kappa shape index (κ1) is 17.3. The summed E-state index contributed by atoms with van der Waals surface area (Å²) in [4.78, 5) is 18.7. The Kier molecular flexibility index (Phi) is 4.64. The number of pyridine rings is 1. The van der Waals surface area contributed by atoms with E-state index in [9.17, 15) is 4.79 Å². The van der Waals surface area contributed by atoms with E-state index in [1.165, 1.54) is 0 Å². The Morgan fingerprint density at radius 2 is 2.15 bits per heavy atom. The van der Waals surface area contributed by atoms with Crippen molar-refractivity contribution in [2.75, 3.05) is 29.9 Å². The van der Waals surface area contributed by atoms with Gasteiger partial charge in [-0.1, -0.05) is 30.3 Å². The van der Waals surface area contributed by atoms with Crippen LogP contribution in [0.25, 0.3) is 10.9 Å². The maximum absolute atomic E-state index is 12.3. The monoisotopic (exact) mass is 366 g/mol. The number of H-pyrrole nitrogens is 1. The van der Waals surface area contributed by atoms with Crippen LogP contribution in [0.15, 0.2) is 42.6 Å². The number of anilines is 2. The predicted octanol–water partition coefficient (Wildman–Crippen LogP) is 2.27. The normalized spacial score (nSPS) is 15.4. The van der Waals surface area contributed by atoms with Crippen molar-refractivity contribution in [3.05, 3.63) is 48.2 Å². The molecule has 1 aliphatic heterocycles. The molecule has 1 atom stereocenters. The highest BCUT2D eigenvalue weighted by molar-refractivity contribution is 5.94. The maximum Gasteiger partial charge on any atom is 0.320 e. The second kappa shape index (κ2) is 7.24. The summed E-state index contributed by atoms with van der Waals surface area (Å²) in [7, 11) is 0. The quantitative estimate of drug-likeness (QED) is 0.554. The molecule has 4 rings (SSSR count). The number of benzene rings is 1. The SMILES string of the molecule is CC(NC(=O)Nc1cc2[nH]nc(N3CC(CO)C3)c2cn1)c1ccccc1. The molecule has 3 heterocycles. The van der Waals surface area contributed by atoms with Crippen LogP contribution in [-0.2, 0) is 0 Å². The molecule has 0 saturated carbocycles. The van der Waals surface area contributed by atoms with Gasteiger partial charge in [0.05, 0.1) is 16.9 Å². The summed E-state index contributed by atoms with van der Waals surface area (Å²) in [5.41, 5.74) is 1.84. The van der Waals surface area contributed by atoms with Crippen molar-refractivity contribution in [2.24, 2.45) is 5.92 Å². The molecule has 0 aliphatic carbocycles. The van der Waals surface area contributed by atoms with E-state index >= 15 is 0 Å². The molecule has 1 aliphatic rings. The van der Waals surface area contributed by atoms with Crippen LogP contribution in [0.3, 0.4) is 0 Å². The number of fused-ring (bicyclic) bond motifs is 1. The van der Waals surface area contributed by atoms with Crippen molar-refractivity contribution in [3.8, 4) is 0 Å². The highest BCUT2D eigenvalue weighted by Crippen LogP contribution is 2.29. The molecular formula is C19H22N6O2. The van der Waals surface area contributed by atoms with Crippen LogP contribution in [0, 0.1) is 5.92 Å². The molecule has 2 aromatic heterocycles. The van der Waals surface area contributed by atoms with Crippen molar-refractivity contribution in [1.29, 1.82) is 0 Å². The molecule has 8 heteroatoms. The van der Waals surface area contributed by atoms with Crippen molar-refractivity contribution in [2.45, 2.75) is 13.0 Å². The van der Waals surface area contributed by atoms with Crippen LogP contribution in [0.5, 0.6) is 0 Å². The first-order valence-electron chi connectivity index (χ1n) is 8.96. The average molecular weight is 366 g/mol. The zero-order valence-corrected chi connectivity index (χ0v) is 15.0. The number of aliphatic hydroxyl groups is 1.